The van der Waals surface area contributed by atoms with Gasteiger partial charge in [-0.15, -0.1) is 0 Å². The standard InChI is InChI=1S/C15H12BrN5O2/c16-12-4-5-14(21(22)23)13(7-12)17-8-10-2-1-3-11(6-10)15-18-9-19-20-15/h1-7,9,17H,8H2,(H,18,19,20). The first-order valence-electron chi connectivity index (χ1n) is 6.76. The molecule has 0 aliphatic heterocycles. The molecule has 2 N–H and O–H groups in total. The van der Waals surface area contributed by atoms with Crippen LogP contribution in [0.25, 0.3) is 11.4 Å². The van der Waals surface area contributed by atoms with E-state index in [2.05, 4.69) is 36.4 Å². The van der Waals surface area contributed by atoms with Crippen LogP contribution in [0.1, 0.15) is 5.56 Å². The van der Waals surface area contributed by atoms with E-state index in [0.717, 1.165) is 15.6 Å². The van der Waals surface area contributed by atoms with Gasteiger partial charge in [0.15, 0.2) is 5.82 Å². The molecule has 3 rings (SSSR count). The number of aromatic nitrogens is 3. The summed E-state index contributed by atoms with van der Waals surface area (Å²) in [4.78, 5) is 14.8. The number of anilines is 1. The zero-order valence-electron chi connectivity index (χ0n) is 11.9. The van der Waals surface area contributed by atoms with Gasteiger partial charge in [-0.2, -0.15) is 5.10 Å². The van der Waals surface area contributed by atoms with Crippen LogP contribution < -0.4 is 5.32 Å². The van der Waals surface area contributed by atoms with Crippen molar-refractivity contribution in [2.24, 2.45) is 0 Å². The monoisotopic (exact) mass is 373 g/mol. The molecule has 0 saturated heterocycles. The molecule has 0 fully saturated rings. The molecule has 0 aliphatic carbocycles. The highest BCUT2D eigenvalue weighted by Crippen LogP contribution is 2.28. The summed E-state index contributed by atoms with van der Waals surface area (Å²) < 4.78 is 0.779. The second-order valence-corrected chi connectivity index (χ2v) is 5.72. The van der Waals surface area contributed by atoms with Gasteiger partial charge >= 0.3 is 0 Å². The van der Waals surface area contributed by atoms with Crippen LogP contribution in [0.3, 0.4) is 0 Å². The van der Waals surface area contributed by atoms with Crippen molar-refractivity contribution in [3.63, 3.8) is 0 Å². The zero-order chi connectivity index (χ0) is 16.2. The van der Waals surface area contributed by atoms with Crippen molar-refractivity contribution in [1.29, 1.82) is 0 Å². The second kappa shape index (κ2) is 6.57. The van der Waals surface area contributed by atoms with E-state index in [1.165, 1.54) is 12.4 Å². The van der Waals surface area contributed by atoms with Gasteiger partial charge in [0.1, 0.15) is 12.0 Å². The normalized spacial score (nSPS) is 10.5. The third-order valence-electron chi connectivity index (χ3n) is 3.25. The predicted octanol–water partition coefficient (Wildman–Crippen LogP) is 3.75. The highest BCUT2D eigenvalue weighted by molar-refractivity contribution is 9.10. The van der Waals surface area contributed by atoms with Gasteiger partial charge in [0, 0.05) is 22.6 Å². The molecule has 8 heteroatoms. The Bertz CT molecular complexity index is 836. The average molecular weight is 374 g/mol. The van der Waals surface area contributed by atoms with E-state index in [1.54, 1.807) is 12.1 Å². The van der Waals surface area contributed by atoms with Crippen molar-refractivity contribution in [2.75, 3.05) is 5.32 Å². The van der Waals surface area contributed by atoms with Crippen LogP contribution in [0, 0.1) is 10.1 Å². The lowest BCUT2D eigenvalue weighted by molar-refractivity contribution is -0.384. The molecule has 1 heterocycles. The molecule has 0 spiro atoms. The Hall–Kier alpha value is -2.74. The highest BCUT2D eigenvalue weighted by Gasteiger charge is 2.13. The SMILES string of the molecule is O=[N+]([O-])c1ccc(Br)cc1NCc1cccc(-c2ncn[nH]2)c1. The summed E-state index contributed by atoms with van der Waals surface area (Å²) in [6.45, 7) is 0.458. The zero-order valence-corrected chi connectivity index (χ0v) is 13.4. The molecule has 23 heavy (non-hydrogen) atoms. The Balaban J connectivity index is 1.80. The van der Waals surface area contributed by atoms with Crippen LogP contribution in [-0.2, 0) is 6.54 Å². The minimum atomic E-state index is -0.403. The number of rotatable bonds is 5. The number of aromatic amines is 1. The van der Waals surface area contributed by atoms with E-state index in [1.807, 2.05) is 24.3 Å². The molecule has 0 bridgehead atoms. The fraction of sp³-hybridized carbons (Fsp3) is 0.0667. The van der Waals surface area contributed by atoms with E-state index in [-0.39, 0.29) is 5.69 Å². The minimum absolute atomic E-state index is 0.0413. The topological polar surface area (TPSA) is 96.7 Å². The van der Waals surface area contributed by atoms with Crippen molar-refractivity contribution in [3.8, 4) is 11.4 Å². The fourth-order valence-corrected chi connectivity index (χ4v) is 2.54. The molecule has 3 aromatic rings. The van der Waals surface area contributed by atoms with Gasteiger partial charge in [0.05, 0.1) is 4.92 Å². The number of hydrogen-bond acceptors (Lipinski definition) is 5. The van der Waals surface area contributed by atoms with Crippen LogP contribution in [0.15, 0.2) is 53.3 Å². The van der Waals surface area contributed by atoms with E-state index in [0.29, 0.717) is 18.1 Å². The van der Waals surface area contributed by atoms with Crippen molar-refractivity contribution in [1.82, 2.24) is 15.2 Å². The fourth-order valence-electron chi connectivity index (χ4n) is 2.18. The molecule has 0 saturated carbocycles. The molecular formula is C15H12BrN5O2. The molecule has 0 unspecified atom stereocenters. The molecule has 1 aromatic heterocycles. The molecular weight excluding hydrogens is 362 g/mol. The predicted molar refractivity (Wildman–Crippen MR) is 89.9 cm³/mol. The number of halogens is 1. The van der Waals surface area contributed by atoms with Gasteiger partial charge in [-0.25, -0.2) is 4.98 Å². The first-order valence-corrected chi connectivity index (χ1v) is 7.55. The second-order valence-electron chi connectivity index (χ2n) is 4.81. The summed E-state index contributed by atoms with van der Waals surface area (Å²) in [7, 11) is 0. The van der Waals surface area contributed by atoms with E-state index in [9.17, 15) is 10.1 Å². The van der Waals surface area contributed by atoms with E-state index < -0.39 is 4.92 Å². The van der Waals surface area contributed by atoms with Crippen LogP contribution in [0.2, 0.25) is 0 Å². The van der Waals surface area contributed by atoms with Crippen LogP contribution in [0.4, 0.5) is 11.4 Å². The summed E-state index contributed by atoms with van der Waals surface area (Å²) in [5.41, 5.74) is 2.40. The van der Waals surface area contributed by atoms with Crippen molar-refractivity contribution in [2.45, 2.75) is 6.54 Å². The summed E-state index contributed by atoms with van der Waals surface area (Å²) in [5, 5.41) is 20.8. The Morgan fingerprint density at radius 3 is 2.87 bits per heavy atom. The lowest BCUT2D eigenvalue weighted by atomic mass is 10.1. The first-order chi connectivity index (χ1) is 11.1. The number of hydrogen-bond donors (Lipinski definition) is 2. The first kappa shape index (κ1) is 15.2. The summed E-state index contributed by atoms with van der Waals surface area (Å²) in [5.74, 6) is 0.681. The largest absolute Gasteiger partial charge is 0.375 e. The van der Waals surface area contributed by atoms with E-state index in [4.69, 9.17) is 0 Å². The molecule has 0 atom stereocenters. The van der Waals surface area contributed by atoms with Gasteiger partial charge in [0.25, 0.3) is 5.69 Å². The van der Waals surface area contributed by atoms with Gasteiger partial charge in [0.2, 0.25) is 0 Å². The summed E-state index contributed by atoms with van der Waals surface area (Å²) in [6.07, 6.45) is 1.45. The van der Waals surface area contributed by atoms with Gasteiger partial charge in [-0.05, 0) is 23.8 Å². The number of nitro groups is 1. The third-order valence-corrected chi connectivity index (χ3v) is 3.75. The number of nitrogens with one attached hydrogen (secondary N) is 2. The molecule has 2 aromatic carbocycles. The Morgan fingerprint density at radius 2 is 2.13 bits per heavy atom. The molecule has 0 radical (unpaired) electrons. The number of H-pyrrole nitrogens is 1. The molecule has 0 aliphatic rings. The van der Waals surface area contributed by atoms with Gasteiger partial charge in [-0.1, -0.05) is 34.1 Å². The maximum absolute atomic E-state index is 11.1. The Kier molecular flexibility index (Phi) is 4.33. The highest BCUT2D eigenvalue weighted by atomic mass is 79.9. The van der Waals surface area contributed by atoms with Crippen LogP contribution in [-0.4, -0.2) is 20.1 Å². The van der Waals surface area contributed by atoms with Crippen molar-refractivity contribution < 1.29 is 4.92 Å². The minimum Gasteiger partial charge on any atom is -0.375 e. The quantitative estimate of drug-likeness (QED) is 0.524. The van der Waals surface area contributed by atoms with Gasteiger partial charge in [-0.3, -0.25) is 15.2 Å². The van der Waals surface area contributed by atoms with Crippen molar-refractivity contribution in [3.05, 3.63) is 68.9 Å². The van der Waals surface area contributed by atoms with Crippen molar-refractivity contribution >= 4 is 27.3 Å². The lowest BCUT2D eigenvalue weighted by Crippen LogP contribution is -2.03. The Morgan fingerprint density at radius 1 is 1.26 bits per heavy atom. The maximum Gasteiger partial charge on any atom is 0.292 e. The van der Waals surface area contributed by atoms with Crippen LogP contribution >= 0.6 is 15.9 Å². The Labute approximate surface area is 140 Å². The average Bonchev–Trinajstić information content (AvgIpc) is 3.07. The number of nitro benzene ring substituents is 1. The molecule has 116 valence electrons. The van der Waals surface area contributed by atoms with Gasteiger partial charge < -0.3 is 5.32 Å². The van der Waals surface area contributed by atoms with E-state index >= 15 is 0 Å². The number of nitrogens with zero attached hydrogens (tertiary/aromatic N) is 3. The maximum atomic E-state index is 11.1. The summed E-state index contributed by atoms with van der Waals surface area (Å²) >= 11 is 3.33. The third kappa shape index (κ3) is 3.54. The van der Waals surface area contributed by atoms with Crippen LogP contribution in [0.5, 0.6) is 0 Å². The molecule has 0 amide bonds. The number of benzene rings is 2. The summed E-state index contributed by atoms with van der Waals surface area (Å²) in [6, 6.07) is 12.5. The molecule has 7 nitrogen and oxygen atoms in total. The smallest absolute Gasteiger partial charge is 0.292 e. The lowest BCUT2D eigenvalue weighted by Gasteiger charge is -2.08.